The molecule has 72 heavy (non-hydrogen) atoms. The maximum absolute atomic E-state index is 9.63. The highest BCUT2D eigenvalue weighted by atomic mass is 16.5. The first-order valence-electron chi connectivity index (χ1n) is 28.8. The maximum Gasteiger partial charge on any atom is 0.137 e. The van der Waals surface area contributed by atoms with Gasteiger partial charge >= 0.3 is 0 Å². The average molecular weight is 949 g/mol. The summed E-state index contributed by atoms with van der Waals surface area (Å²) in [6.07, 6.45) is -1.94. The SMILES string of the molecule is [2H]c1c([2H])c([2H])c2c(c1[2H])c1ccc3cc1n2-c1cc(C([2H])([2H])C(C)C)c(cn1)-c1cccc(c1)Oc1ccc(cc1)-c1cc(C([2H])([2H])C(C)C)cc(-c2ccccc2)c1N1CN(c2cc(cc(C(C)(C)C)c2)O3)c2ccccc21. The largest absolute Gasteiger partial charge is 0.457 e. The molecule has 4 aliphatic heterocycles. The van der Waals surface area contributed by atoms with Crippen LogP contribution >= 0.6 is 0 Å². The molecule has 0 aliphatic carbocycles. The topological polar surface area (TPSA) is 42.8 Å². The van der Waals surface area contributed by atoms with E-state index in [9.17, 15) is 8.22 Å². The van der Waals surface area contributed by atoms with Crippen molar-refractivity contribution >= 4 is 44.6 Å². The van der Waals surface area contributed by atoms with Crippen LogP contribution in [-0.4, -0.2) is 16.2 Å². The lowest BCUT2D eigenvalue weighted by atomic mass is 9.86. The number of ether oxygens (including phenoxy) is 2. The zero-order valence-electron chi connectivity index (χ0n) is 49.6. The molecule has 2 aromatic heterocycles. The van der Waals surface area contributed by atoms with Gasteiger partial charge in [0.2, 0.25) is 0 Å². The van der Waals surface area contributed by atoms with E-state index in [0.717, 1.165) is 50.6 Å². The molecule has 356 valence electrons. The fourth-order valence-corrected chi connectivity index (χ4v) is 10.2. The van der Waals surface area contributed by atoms with E-state index in [1.54, 1.807) is 16.8 Å². The second-order valence-corrected chi connectivity index (χ2v) is 20.4. The summed E-state index contributed by atoms with van der Waals surface area (Å²) in [5, 5.41) is 0.860. The molecule has 4 aliphatic rings. The number of nitrogens with zero attached hydrogens (tertiary/aromatic N) is 4. The fraction of sp³-hybridized carbons (Fsp3) is 0.197. The molecule has 0 unspecified atom stereocenters. The molecular formula is C66H60N4O2. The van der Waals surface area contributed by atoms with E-state index in [1.807, 2.05) is 149 Å². The van der Waals surface area contributed by atoms with E-state index in [4.69, 9.17) is 17.2 Å². The minimum atomic E-state index is -1.90. The average Bonchev–Trinajstić information content (AvgIpc) is 4.14. The lowest BCUT2D eigenvalue weighted by Gasteiger charge is -2.29. The van der Waals surface area contributed by atoms with Crippen LogP contribution in [0.5, 0.6) is 23.0 Å². The van der Waals surface area contributed by atoms with Gasteiger partial charge in [-0.15, -0.1) is 0 Å². The van der Waals surface area contributed by atoms with Gasteiger partial charge in [0.15, 0.2) is 0 Å². The smallest absolute Gasteiger partial charge is 0.137 e. The summed E-state index contributed by atoms with van der Waals surface area (Å²) in [5.41, 5.74) is 10.8. The first kappa shape index (κ1) is 36.8. The van der Waals surface area contributed by atoms with Gasteiger partial charge < -0.3 is 19.3 Å². The predicted molar refractivity (Wildman–Crippen MR) is 299 cm³/mol. The van der Waals surface area contributed by atoms with Crippen LogP contribution in [0.1, 0.15) is 76.1 Å². The van der Waals surface area contributed by atoms with Crippen molar-refractivity contribution in [2.24, 2.45) is 11.8 Å². The van der Waals surface area contributed by atoms with Gasteiger partial charge in [0.25, 0.3) is 0 Å². The molecule has 10 aromatic rings. The predicted octanol–water partition coefficient (Wildman–Crippen LogP) is 18.0. The Morgan fingerprint density at radius 3 is 1.99 bits per heavy atom. The normalized spacial score (nSPS) is 15.1. The van der Waals surface area contributed by atoms with Gasteiger partial charge in [-0.25, -0.2) is 4.98 Å². The Morgan fingerprint density at radius 2 is 1.24 bits per heavy atom. The molecule has 6 heterocycles. The third-order valence-corrected chi connectivity index (χ3v) is 13.5. The highest BCUT2D eigenvalue weighted by molar-refractivity contribution is 6.09. The molecule has 14 rings (SSSR count). The number of hydrogen-bond acceptors (Lipinski definition) is 5. The number of benzene rings is 8. The lowest BCUT2D eigenvalue weighted by Crippen LogP contribution is -2.25. The molecule has 0 saturated heterocycles. The number of para-hydroxylation sites is 3. The molecule has 0 fully saturated rings. The molecule has 6 heteroatoms. The van der Waals surface area contributed by atoms with Gasteiger partial charge in [0, 0.05) is 57.0 Å². The Labute approximate surface area is 435 Å². The molecule has 6 nitrogen and oxygen atoms in total. The second-order valence-electron chi connectivity index (χ2n) is 20.4. The molecular weight excluding hydrogens is 881 g/mol. The fourth-order valence-electron chi connectivity index (χ4n) is 10.2. The van der Waals surface area contributed by atoms with Crippen LogP contribution in [0.3, 0.4) is 0 Å². The Hall–Kier alpha value is -8.09. The van der Waals surface area contributed by atoms with E-state index in [-0.39, 0.29) is 40.8 Å². The van der Waals surface area contributed by atoms with E-state index in [1.165, 1.54) is 0 Å². The van der Waals surface area contributed by atoms with Crippen molar-refractivity contribution in [3.63, 3.8) is 0 Å². The summed E-state index contributed by atoms with van der Waals surface area (Å²) in [7, 11) is 0. The Morgan fingerprint density at radius 1 is 0.569 bits per heavy atom. The van der Waals surface area contributed by atoms with Crippen LogP contribution in [0.2, 0.25) is 0 Å². The minimum Gasteiger partial charge on any atom is -0.457 e. The zero-order chi connectivity index (χ0) is 56.3. The number of aromatic nitrogens is 2. The highest BCUT2D eigenvalue weighted by Crippen LogP contribution is 2.52. The van der Waals surface area contributed by atoms with Crippen molar-refractivity contribution in [2.75, 3.05) is 16.5 Å². The molecule has 0 spiro atoms. The third-order valence-electron chi connectivity index (χ3n) is 13.5. The van der Waals surface area contributed by atoms with Crippen LogP contribution in [0, 0.1) is 11.8 Å². The van der Waals surface area contributed by atoms with E-state index >= 15 is 0 Å². The molecule has 0 atom stereocenters. The van der Waals surface area contributed by atoms with E-state index < -0.39 is 24.7 Å². The molecule has 0 radical (unpaired) electrons. The van der Waals surface area contributed by atoms with Gasteiger partial charge in [0.1, 0.15) is 35.5 Å². The number of rotatable bonds is 5. The molecule has 0 saturated carbocycles. The van der Waals surface area contributed by atoms with Crippen molar-refractivity contribution in [1.29, 1.82) is 0 Å². The minimum absolute atomic E-state index is 0.197. The first-order valence-corrected chi connectivity index (χ1v) is 24.8. The van der Waals surface area contributed by atoms with Gasteiger partial charge in [0.05, 0.1) is 33.6 Å². The van der Waals surface area contributed by atoms with Crippen LogP contribution in [0.4, 0.5) is 22.7 Å². The monoisotopic (exact) mass is 949 g/mol. The van der Waals surface area contributed by atoms with E-state index in [2.05, 4.69) is 60.9 Å². The van der Waals surface area contributed by atoms with Crippen molar-refractivity contribution in [1.82, 2.24) is 9.55 Å². The van der Waals surface area contributed by atoms with Crippen LogP contribution in [0.25, 0.3) is 61.0 Å². The Bertz CT molecular complexity index is 4110. The van der Waals surface area contributed by atoms with Gasteiger partial charge in [-0.05, 0) is 148 Å². The Balaban J connectivity index is 1.15. The quantitative estimate of drug-likeness (QED) is 0.172. The van der Waals surface area contributed by atoms with Gasteiger partial charge in [-0.1, -0.05) is 133 Å². The van der Waals surface area contributed by atoms with E-state index in [0.29, 0.717) is 68.2 Å². The zero-order valence-corrected chi connectivity index (χ0v) is 41.6. The standard InChI is InChI=1S/C66H60N4O2/c1-42(2)30-44-32-57(45-16-9-8-10-17-45)65-58(33-44)46-24-26-51(27-25-46)71-52-19-15-18-47(34-52)59-40-67-64(35-48(59)31-43(3)4)70-60-21-12-11-20-55(60)56-29-28-53(39-63(56)70)72-54-37-49(66(5,6)7)36-50(38-54)68-41-69(65)62-23-14-13-22-61(62)68/h8-29,32-40,42-43H,30-31,41H2,1-7H3/i11D,12D,20D,21D,30D2,31D2. The summed E-state index contributed by atoms with van der Waals surface area (Å²) in [4.78, 5) is 9.64. The summed E-state index contributed by atoms with van der Waals surface area (Å²) >= 11 is 0. The Kier molecular flexibility index (Phi) is 9.17. The summed E-state index contributed by atoms with van der Waals surface area (Å²) in [5.74, 6) is 1.53. The van der Waals surface area contributed by atoms with Crippen molar-refractivity contribution in [3.05, 3.63) is 205 Å². The highest BCUT2D eigenvalue weighted by Gasteiger charge is 2.33. The summed E-state index contributed by atoms with van der Waals surface area (Å²) in [6.45, 7) is 14.4. The van der Waals surface area contributed by atoms with Crippen LogP contribution < -0.4 is 19.3 Å². The number of anilines is 4. The van der Waals surface area contributed by atoms with Crippen molar-refractivity contribution < 1.29 is 20.4 Å². The number of fused-ring (bicyclic) bond motifs is 5. The number of pyridine rings is 1. The molecule has 0 amide bonds. The number of hydrogen-bond donors (Lipinski definition) is 0. The van der Waals surface area contributed by atoms with Crippen molar-refractivity contribution in [2.45, 2.75) is 66.6 Å². The van der Waals surface area contributed by atoms with Crippen LogP contribution in [0.15, 0.2) is 188 Å². The summed E-state index contributed by atoms with van der Waals surface area (Å²) in [6, 6.07) is 50.2. The first-order chi connectivity index (χ1) is 38.1. The maximum atomic E-state index is 9.63. The molecule has 8 aromatic carbocycles. The van der Waals surface area contributed by atoms with Crippen LogP contribution in [-0.2, 0) is 18.2 Å². The summed E-state index contributed by atoms with van der Waals surface area (Å²) < 4.78 is 89.8. The van der Waals surface area contributed by atoms with Crippen molar-refractivity contribution in [3.8, 4) is 62.2 Å². The second kappa shape index (κ2) is 17.9. The van der Waals surface area contributed by atoms with Gasteiger partial charge in [-0.2, -0.15) is 0 Å². The third kappa shape index (κ3) is 8.34. The lowest BCUT2D eigenvalue weighted by molar-refractivity contribution is 0.479. The van der Waals surface area contributed by atoms with Gasteiger partial charge in [-0.3, -0.25) is 4.57 Å². The molecule has 12 bridgehead atoms. The molecule has 0 N–H and O–H groups in total.